The Hall–Kier alpha value is -7.30. The summed E-state index contributed by atoms with van der Waals surface area (Å²) in [6.07, 6.45) is 0. The molecule has 0 spiro atoms. The van der Waals surface area contributed by atoms with E-state index in [0.717, 1.165) is 55.2 Å². The second-order valence-corrected chi connectivity index (χ2v) is 16.5. The molecular weight excluding hydrogens is 733 g/mol. The van der Waals surface area contributed by atoms with Crippen molar-refractivity contribution in [2.75, 3.05) is 4.90 Å². The highest BCUT2D eigenvalue weighted by molar-refractivity contribution is 6.36. The van der Waals surface area contributed by atoms with E-state index < -0.39 is 0 Å². The van der Waals surface area contributed by atoms with Gasteiger partial charge in [0.15, 0.2) is 0 Å². The van der Waals surface area contributed by atoms with Crippen LogP contribution in [-0.4, -0.2) is 16.4 Å². The van der Waals surface area contributed by atoms with Gasteiger partial charge in [0.1, 0.15) is 0 Å². The summed E-state index contributed by atoms with van der Waals surface area (Å²) < 4.78 is 2.22. The average molecular weight is 777 g/mol. The number of amides is 2. The number of aryl methyl sites for hydroxylation is 6. The van der Waals surface area contributed by atoms with Crippen LogP contribution in [0.15, 0.2) is 158 Å². The van der Waals surface area contributed by atoms with Gasteiger partial charge in [0.2, 0.25) is 0 Å². The van der Waals surface area contributed by atoms with E-state index in [4.69, 9.17) is 0 Å². The van der Waals surface area contributed by atoms with Crippen molar-refractivity contribution in [3.05, 3.63) is 202 Å². The molecule has 0 saturated heterocycles. The molecule has 9 aromatic rings. The minimum absolute atomic E-state index is 0.335. The highest BCUT2D eigenvalue weighted by atomic mass is 16.2. The first kappa shape index (κ1) is 37.0. The van der Waals surface area contributed by atoms with E-state index in [9.17, 15) is 4.79 Å². The summed E-state index contributed by atoms with van der Waals surface area (Å²) in [5, 5.41) is 2.15. The number of hydrogen-bond acceptors (Lipinski definition) is 2. The first-order valence-electron chi connectivity index (χ1n) is 20.6. The van der Waals surface area contributed by atoms with Gasteiger partial charge in [-0.15, -0.1) is 0 Å². The molecule has 8 aromatic carbocycles. The first-order valence-corrected chi connectivity index (χ1v) is 20.6. The van der Waals surface area contributed by atoms with Crippen molar-refractivity contribution in [3.63, 3.8) is 0 Å². The van der Waals surface area contributed by atoms with E-state index in [2.05, 4.69) is 113 Å². The molecule has 2 amide bonds. The van der Waals surface area contributed by atoms with Crippen molar-refractivity contribution in [1.29, 1.82) is 0 Å². The molecule has 290 valence electrons. The molecule has 0 saturated carbocycles. The summed E-state index contributed by atoms with van der Waals surface area (Å²) in [7, 11) is 0. The van der Waals surface area contributed by atoms with Crippen molar-refractivity contribution in [2.45, 2.75) is 41.5 Å². The van der Waals surface area contributed by atoms with E-state index >= 15 is 4.79 Å². The van der Waals surface area contributed by atoms with Crippen LogP contribution in [0.1, 0.15) is 54.1 Å². The lowest BCUT2D eigenvalue weighted by molar-refractivity contribution is 0.0926. The third-order valence-electron chi connectivity index (χ3n) is 12.3. The number of fused-ring (bicyclic) bond motifs is 4. The molecule has 4 nitrogen and oxygen atoms in total. The Balaban J connectivity index is 1.23. The Morgan fingerprint density at radius 3 is 1.38 bits per heavy atom. The molecule has 0 aliphatic carbocycles. The lowest BCUT2D eigenvalue weighted by atomic mass is 9.92. The van der Waals surface area contributed by atoms with Crippen molar-refractivity contribution in [1.82, 2.24) is 4.57 Å². The van der Waals surface area contributed by atoms with Crippen LogP contribution in [0, 0.1) is 41.5 Å². The molecule has 0 fully saturated rings. The zero-order valence-corrected chi connectivity index (χ0v) is 34.7. The number of aromatic nitrogens is 1. The van der Waals surface area contributed by atoms with E-state index in [1.807, 2.05) is 84.9 Å². The summed E-state index contributed by atoms with van der Waals surface area (Å²) >= 11 is 0. The highest BCUT2D eigenvalue weighted by Crippen LogP contribution is 2.44. The SMILES string of the molecule is Cc1cc(C)c(-c2ccc3c4ccc(-c5c(C)cc(C)cc5C)cc4n(-c4cccc5c4C(=O)N(c4cc(-c6ccccc6)ccc4-c4ccccc4)C5=O)c3c2)c(C)c1. The van der Waals surface area contributed by atoms with Gasteiger partial charge in [-0.2, -0.15) is 0 Å². The molecule has 60 heavy (non-hydrogen) atoms. The van der Waals surface area contributed by atoms with Crippen LogP contribution in [0.2, 0.25) is 0 Å². The molecule has 1 aliphatic heterocycles. The minimum atomic E-state index is -0.342. The maximum absolute atomic E-state index is 15.3. The van der Waals surface area contributed by atoms with Gasteiger partial charge in [0.05, 0.1) is 33.5 Å². The maximum Gasteiger partial charge on any atom is 0.268 e. The number of nitrogens with zero attached hydrogens (tertiary/aromatic N) is 2. The topological polar surface area (TPSA) is 42.3 Å². The maximum atomic E-state index is 15.3. The van der Waals surface area contributed by atoms with Crippen LogP contribution in [0.5, 0.6) is 0 Å². The molecule has 0 radical (unpaired) electrons. The van der Waals surface area contributed by atoms with Gasteiger partial charge in [-0.1, -0.05) is 139 Å². The van der Waals surface area contributed by atoms with Crippen molar-refractivity contribution >= 4 is 39.3 Å². The minimum Gasteiger partial charge on any atom is -0.308 e. The third-order valence-corrected chi connectivity index (χ3v) is 12.3. The van der Waals surface area contributed by atoms with Gasteiger partial charge < -0.3 is 4.57 Å². The second-order valence-electron chi connectivity index (χ2n) is 16.5. The molecular formula is C56H44N2O2. The number of benzene rings is 8. The monoisotopic (exact) mass is 776 g/mol. The largest absolute Gasteiger partial charge is 0.308 e. The van der Waals surface area contributed by atoms with E-state index in [-0.39, 0.29) is 11.8 Å². The van der Waals surface area contributed by atoms with E-state index in [1.54, 1.807) is 6.07 Å². The predicted molar refractivity (Wildman–Crippen MR) is 249 cm³/mol. The van der Waals surface area contributed by atoms with E-state index in [1.165, 1.54) is 49.4 Å². The van der Waals surface area contributed by atoms with Crippen LogP contribution in [0.25, 0.3) is 72.0 Å². The summed E-state index contributed by atoms with van der Waals surface area (Å²) in [4.78, 5) is 31.6. The quantitative estimate of drug-likeness (QED) is 0.158. The molecule has 1 aromatic heterocycles. The van der Waals surface area contributed by atoms with Crippen LogP contribution in [-0.2, 0) is 0 Å². The normalized spacial score (nSPS) is 12.5. The summed E-state index contributed by atoms with van der Waals surface area (Å²) in [6.45, 7) is 13.0. The summed E-state index contributed by atoms with van der Waals surface area (Å²) in [6, 6.07) is 54.2. The van der Waals surface area contributed by atoms with Crippen LogP contribution >= 0.6 is 0 Å². The van der Waals surface area contributed by atoms with Crippen LogP contribution in [0.4, 0.5) is 5.69 Å². The molecule has 4 heteroatoms. The van der Waals surface area contributed by atoms with Gasteiger partial charge in [-0.25, -0.2) is 4.90 Å². The fourth-order valence-corrected chi connectivity index (χ4v) is 9.92. The number of anilines is 1. The van der Waals surface area contributed by atoms with Crippen molar-refractivity contribution < 1.29 is 9.59 Å². The number of imide groups is 1. The van der Waals surface area contributed by atoms with Crippen molar-refractivity contribution in [2.24, 2.45) is 0 Å². The molecule has 10 rings (SSSR count). The summed E-state index contributed by atoms with van der Waals surface area (Å²) in [5.41, 5.74) is 19.6. The molecule has 0 bridgehead atoms. The molecule has 0 atom stereocenters. The van der Waals surface area contributed by atoms with Gasteiger partial charge >= 0.3 is 0 Å². The third kappa shape index (κ3) is 5.90. The van der Waals surface area contributed by atoms with Crippen LogP contribution < -0.4 is 4.90 Å². The molecule has 0 unspecified atom stereocenters. The molecule has 2 heterocycles. The van der Waals surface area contributed by atoms with Gasteiger partial charge in [0, 0.05) is 16.3 Å². The number of rotatable bonds is 6. The first-order chi connectivity index (χ1) is 29.1. The zero-order valence-electron chi connectivity index (χ0n) is 34.7. The smallest absolute Gasteiger partial charge is 0.268 e. The Bertz CT molecular complexity index is 3080. The fourth-order valence-electron chi connectivity index (χ4n) is 9.92. The molecule has 1 aliphatic rings. The lowest BCUT2D eigenvalue weighted by Gasteiger charge is -2.20. The van der Waals surface area contributed by atoms with Gasteiger partial charge in [0.25, 0.3) is 11.8 Å². The Morgan fingerprint density at radius 2 is 0.850 bits per heavy atom. The van der Waals surface area contributed by atoms with E-state index in [0.29, 0.717) is 22.5 Å². The Kier molecular flexibility index (Phi) is 8.76. The standard InChI is InChI=1S/C56H44N2O2/c1-33-26-35(3)52(36(4)27-33)42-21-24-45-46-25-22-43(53-37(5)28-34(2)29-38(53)6)32-51(46)57(50(45)31-42)48-19-13-18-47-54(48)56(60)58(55(47)59)49-30-41(39-14-9-7-10-15-39)20-23-44(49)40-16-11-8-12-17-40/h7-32H,1-6H3. The highest BCUT2D eigenvalue weighted by Gasteiger charge is 2.40. The predicted octanol–water partition coefficient (Wildman–Crippen LogP) is 14.1. The molecule has 0 N–H and O–H groups in total. The Morgan fingerprint density at radius 1 is 0.350 bits per heavy atom. The number of carbonyl (C=O) groups excluding carboxylic acids is 2. The van der Waals surface area contributed by atoms with Crippen LogP contribution in [0.3, 0.4) is 0 Å². The lowest BCUT2D eigenvalue weighted by Crippen LogP contribution is -2.30. The second kappa shape index (κ2) is 14.2. The van der Waals surface area contributed by atoms with Crippen molar-refractivity contribution in [3.8, 4) is 50.2 Å². The fraction of sp³-hybridized carbons (Fsp3) is 0.107. The zero-order chi connectivity index (χ0) is 41.4. The summed E-state index contributed by atoms with van der Waals surface area (Å²) in [5.74, 6) is -0.677. The van der Waals surface area contributed by atoms with Gasteiger partial charge in [-0.05, 0) is 133 Å². The Labute approximate surface area is 351 Å². The average Bonchev–Trinajstić information content (AvgIpc) is 3.69. The number of carbonyl (C=O) groups is 2. The van der Waals surface area contributed by atoms with Gasteiger partial charge in [-0.3, -0.25) is 9.59 Å². The number of hydrogen-bond donors (Lipinski definition) is 0.